The summed E-state index contributed by atoms with van der Waals surface area (Å²) in [5, 5.41) is 11.2. The van der Waals surface area contributed by atoms with Gasteiger partial charge in [0.15, 0.2) is 0 Å². The largest absolute Gasteiger partial charge is 0.506 e. The number of aromatic hydroxyl groups is 1. The van der Waals surface area contributed by atoms with E-state index in [4.69, 9.17) is 25.8 Å². The molecule has 8 rings (SSSR count). The molecule has 4 saturated carbocycles. The molecule has 4 aliphatic carbocycles. The topological polar surface area (TPSA) is 93.1 Å². The molecule has 1 amide bonds. The second-order valence-corrected chi connectivity index (χ2v) is 12.3. The molecule has 2 aromatic heterocycles. The summed E-state index contributed by atoms with van der Waals surface area (Å²) >= 11 is 6.99. The van der Waals surface area contributed by atoms with Crippen LogP contribution in [0, 0.1) is 23.7 Å². The van der Waals surface area contributed by atoms with Gasteiger partial charge in [0.25, 0.3) is 5.91 Å². The van der Waals surface area contributed by atoms with E-state index in [1.165, 1.54) is 51.0 Å². The second kappa shape index (κ2) is 8.49. The first-order valence-electron chi connectivity index (χ1n) is 12.6. The molecule has 0 unspecified atom stereocenters. The number of ether oxygens (including phenoxy) is 1. The summed E-state index contributed by atoms with van der Waals surface area (Å²) in [6, 6.07) is 8.30. The van der Waals surface area contributed by atoms with Gasteiger partial charge in [0.1, 0.15) is 38.5 Å². The summed E-state index contributed by atoms with van der Waals surface area (Å²) in [6.07, 6.45) is 7.86. The minimum Gasteiger partial charge on any atom is -0.506 e. The molecule has 3 aromatic rings. The Hall–Kier alpha value is -3.04. The number of methoxy groups -OCH3 is 1. The fourth-order valence-electron chi connectivity index (χ4n) is 7.26. The second-order valence-electron chi connectivity index (χ2n) is 10.7. The SMILES string of the molecule is COc1ccc2c(O)c(-c3ccc(/C=C4/SC(=S)N(C5C6CC7CC(C6)CC5C7)C4=O)o3)c(=O)oc2c1. The highest BCUT2D eigenvalue weighted by atomic mass is 32.2. The summed E-state index contributed by atoms with van der Waals surface area (Å²) in [7, 11) is 1.51. The van der Waals surface area contributed by atoms with Crippen LogP contribution >= 0.6 is 24.0 Å². The average molecular weight is 536 g/mol. The first-order valence-corrected chi connectivity index (χ1v) is 13.8. The Morgan fingerprint density at radius 3 is 2.49 bits per heavy atom. The number of thioether (sulfide) groups is 1. The van der Waals surface area contributed by atoms with E-state index in [0.29, 0.717) is 38.0 Å². The van der Waals surface area contributed by atoms with Gasteiger partial charge in [-0.05, 0) is 80.0 Å². The summed E-state index contributed by atoms with van der Waals surface area (Å²) < 4.78 is 17.1. The predicted octanol–water partition coefficient (Wildman–Crippen LogP) is 5.79. The number of thiocarbonyl (C=S) groups is 1. The van der Waals surface area contributed by atoms with Crippen LogP contribution in [0.5, 0.6) is 11.5 Å². The predicted molar refractivity (Wildman–Crippen MR) is 144 cm³/mol. The third kappa shape index (κ3) is 3.66. The number of nitrogens with zero attached hydrogens (tertiary/aromatic N) is 1. The maximum Gasteiger partial charge on any atom is 0.351 e. The molecule has 37 heavy (non-hydrogen) atoms. The van der Waals surface area contributed by atoms with Crippen LogP contribution in [0.25, 0.3) is 28.4 Å². The smallest absolute Gasteiger partial charge is 0.351 e. The molecule has 0 radical (unpaired) electrons. The van der Waals surface area contributed by atoms with Gasteiger partial charge in [0.05, 0.1) is 17.4 Å². The van der Waals surface area contributed by atoms with Crippen molar-refractivity contribution >= 4 is 51.3 Å². The van der Waals surface area contributed by atoms with Crippen LogP contribution in [0.2, 0.25) is 0 Å². The van der Waals surface area contributed by atoms with E-state index in [9.17, 15) is 14.7 Å². The van der Waals surface area contributed by atoms with E-state index in [1.807, 2.05) is 4.90 Å². The van der Waals surface area contributed by atoms with Gasteiger partial charge in [-0.25, -0.2) is 4.79 Å². The number of furan rings is 1. The van der Waals surface area contributed by atoms with Crippen molar-refractivity contribution in [2.24, 2.45) is 23.7 Å². The third-order valence-corrected chi connectivity index (χ3v) is 9.86. The molecule has 190 valence electrons. The normalized spacial score (nSPS) is 29.7. The van der Waals surface area contributed by atoms with Crippen molar-refractivity contribution < 1.29 is 23.5 Å². The lowest BCUT2D eigenvalue weighted by Crippen LogP contribution is -2.57. The van der Waals surface area contributed by atoms with Crippen LogP contribution in [0.4, 0.5) is 0 Å². The molecule has 1 aliphatic heterocycles. The molecule has 3 heterocycles. The molecule has 5 fully saturated rings. The molecule has 4 bridgehead atoms. The molecular weight excluding hydrogens is 510 g/mol. The number of rotatable bonds is 4. The fraction of sp³-hybridized carbons (Fsp3) is 0.393. The van der Waals surface area contributed by atoms with E-state index in [2.05, 4.69) is 0 Å². The van der Waals surface area contributed by atoms with Gasteiger partial charge in [-0.1, -0.05) is 24.0 Å². The summed E-state index contributed by atoms with van der Waals surface area (Å²) in [4.78, 5) is 28.6. The number of carbonyl (C=O) groups excluding carboxylic acids is 1. The standard InChI is InChI=1S/C28H25NO6S2/c1-33-17-2-4-19-21(11-17)35-27(32)23(25(19)30)20-5-3-18(34-20)12-22-26(31)29(28(36)37-22)24-15-7-13-6-14(9-15)10-16(24)8-13/h2-5,11-16,24,30H,6-10H2,1H3/b22-12+. The van der Waals surface area contributed by atoms with E-state index in [1.54, 1.807) is 36.4 Å². The van der Waals surface area contributed by atoms with Gasteiger partial charge in [0, 0.05) is 18.2 Å². The van der Waals surface area contributed by atoms with Crippen LogP contribution in [-0.2, 0) is 4.79 Å². The lowest BCUT2D eigenvalue weighted by atomic mass is 9.54. The number of hydrogen-bond donors (Lipinski definition) is 1. The highest BCUT2D eigenvalue weighted by Crippen LogP contribution is 2.56. The number of benzene rings is 1. The minimum atomic E-state index is -0.729. The molecule has 1 saturated heterocycles. The number of hydrogen-bond acceptors (Lipinski definition) is 8. The van der Waals surface area contributed by atoms with Gasteiger partial charge in [-0.2, -0.15) is 0 Å². The lowest BCUT2D eigenvalue weighted by molar-refractivity contribution is -0.130. The van der Waals surface area contributed by atoms with Gasteiger partial charge >= 0.3 is 5.63 Å². The van der Waals surface area contributed by atoms with Gasteiger partial charge in [-0.3, -0.25) is 9.69 Å². The zero-order chi connectivity index (χ0) is 25.4. The third-order valence-electron chi connectivity index (χ3n) is 8.53. The molecule has 9 heteroatoms. The monoisotopic (exact) mass is 535 g/mol. The Morgan fingerprint density at radius 2 is 1.78 bits per heavy atom. The average Bonchev–Trinajstić information content (AvgIpc) is 3.42. The van der Waals surface area contributed by atoms with Crippen LogP contribution in [0.15, 0.2) is 48.9 Å². The Morgan fingerprint density at radius 1 is 1.05 bits per heavy atom. The van der Waals surface area contributed by atoms with Gasteiger partial charge in [-0.15, -0.1) is 0 Å². The number of carbonyl (C=O) groups is 1. The quantitative estimate of drug-likeness (QED) is 0.255. The van der Waals surface area contributed by atoms with Crippen molar-refractivity contribution in [3.8, 4) is 22.8 Å². The Bertz CT molecular complexity index is 1520. The van der Waals surface area contributed by atoms with Crippen molar-refractivity contribution in [2.75, 3.05) is 7.11 Å². The summed E-state index contributed by atoms with van der Waals surface area (Å²) in [5.41, 5.74) is -0.586. The maximum atomic E-state index is 13.5. The van der Waals surface area contributed by atoms with Crippen molar-refractivity contribution in [2.45, 2.75) is 38.1 Å². The van der Waals surface area contributed by atoms with Crippen LogP contribution in [0.1, 0.15) is 37.9 Å². The Kier molecular flexibility index (Phi) is 5.30. The van der Waals surface area contributed by atoms with Crippen LogP contribution < -0.4 is 10.4 Å². The zero-order valence-corrected chi connectivity index (χ0v) is 21.8. The Balaban J connectivity index is 1.18. The summed E-state index contributed by atoms with van der Waals surface area (Å²) in [6.45, 7) is 0. The van der Waals surface area contributed by atoms with Crippen molar-refractivity contribution in [1.82, 2.24) is 4.90 Å². The number of amides is 1. The van der Waals surface area contributed by atoms with Crippen molar-refractivity contribution in [3.63, 3.8) is 0 Å². The lowest BCUT2D eigenvalue weighted by Gasteiger charge is -2.56. The van der Waals surface area contributed by atoms with E-state index >= 15 is 0 Å². The molecule has 1 N–H and O–H groups in total. The van der Waals surface area contributed by atoms with Crippen molar-refractivity contribution in [3.05, 3.63) is 51.4 Å². The molecule has 1 aromatic carbocycles. The Labute approximate surface area is 222 Å². The van der Waals surface area contributed by atoms with E-state index in [0.717, 1.165) is 11.8 Å². The molecule has 7 nitrogen and oxygen atoms in total. The molecular formula is C28H25NO6S2. The number of fused-ring (bicyclic) bond motifs is 1. The maximum absolute atomic E-state index is 13.5. The highest BCUT2D eigenvalue weighted by Gasteiger charge is 2.53. The van der Waals surface area contributed by atoms with Gasteiger partial charge in [0.2, 0.25) is 0 Å². The fourth-order valence-corrected chi connectivity index (χ4v) is 8.58. The first-order chi connectivity index (χ1) is 17.9. The molecule has 0 atom stereocenters. The van der Waals surface area contributed by atoms with Crippen LogP contribution in [0.3, 0.4) is 0 Å². The zero-order valence-electron chi connectivity index (χ0n) is 20.1. The molecule has 0 spiro atoms. The highest BCUT2D eigenvalue weighted by molar-refractivity contribution is 8.26. The van der Waals surface area contributed by atoms with Crippen LogP contribution in [-0.4, -0.2) is 33.4 Å². The van der Waals surface area contributed by atoms with Gasteiger partial charge < -0.3 is 18.7 Å². The van der Waals surface area contributed by atoms with Crippen molar-refractivity contribution in [1.29, 1.82) is 0 Å². The first kappa shape index (κ1) is 23.1. The minimum absolute atomic E-state index is 0.0626. The summed E-state index contributed by atoms with van der Waals surface area (Å²) in [5.74, 6) is 3.50. The van der Waals surface area contributed by atoms with E-state index < -0.39 is 5.63 Å². The molecule has 5 aliphatic rings. The van der Waals surface area contributed by atoms with E-state index in [-0.39, 0.29) is 34.6 Å².